The van der Waals surface area contributed by atoms with E-state index in [0.29, 0.717) is 5.56 Å². The minimum absolute atomic E-state index is 0.152. The van der Waals surface area contributed by atoms with Gasteiger partial charge < -0.3 is 5.11 Å². The molecule has 0 aliphatic carbocycles. The molecule has 0 bridgehead atoms. The molecule has 0 amide bonds. The SMILES string of the molecule is CCCc1ccc(-c2ccc(CCc3ccc(C(C)O)c(F)c3F)c(C(F)(F)F)c2F)cc1. The quantitative estimate of drug-likeness (QED) is 0.356. The maximum atomic E-state index is 15.1. The largest absolute Gasteiger partial charge is 0.419 e. The van der Waals surface area contributed by atoms with E-state index in [1.165, 1.54) is 31.2 Å². The molecule has 0 aliphatic rings. The Morgan fingerprint density at radius 3 is 1.94 bits per heavy atom. The van der Waals surface area contributed by atoms with Gasteiger partial charge >= 0.3 is 6.18 Å². The van der Waals surface area contributed by atoms with Gasteiger partial charge in [-0.2, -0.15) is 13.2 Å². The second-order valence-electron chi connectivity index (χ2n) is 8.02. The Kier molecular flexibility index (Phi) is 7.52. The van der Waals surface area contributed by atoms with Crippen LogP contribution in [0.1, 0.15) is 54.2 Å². The molecule has 1 nitrogen and oxygen atoms in total. The number of benzene rings is 3. The van der Waals surface area contributed by atoms with Crippen molar-refractivity contribution in [3.05, 3.63) is 93.8 Å². The minimum Gasteiger partial charge on any atom is -0.389 e. The number of aliphatic hydroxyl groups is 1. The van der Waals surface area contributed by atoms with Gasteiger partial charge in [0.15, 0.2) is 11.6 Å². The van der Waals surface area contributed by atoms with Gasteiger partial charge in [0.1, 0.15) is 5.82 Å². The zero-order valence-electron chi connectivity index (χ0n) is 18.2. The highest BCUT2D eigenvalue weighted by Gasteiger charge is 2.38. The zero-order valence-corrected chi connectivity index (χ0v) is 18.2. The van der Waals surface area contributed by atoms with E-state index < -0.39 is 35.3 Å². The highest BCUT2D eigenvalue weighted by molar-refractivity contribution is 5.66. The van der Waals surface area contributed by atoms with E-state index in [-0.39, 0.29) is 35.1 Å². The van der Waals surface area contributed by atoms with E-state index in [1.807, 2.05) is 6.92 Å². The van der Waals surface area contributed by atoms with Crippen molar-refractivity contribution in [2.45, 2.75) is 51.8 Å². The van der Waals surface area contributed by atoms with Crippen molar-refractivity contribution in [1.29, 1.82) is 0 Å². The van der Waals surface area contributed by atoms with Gasteiger partial charge in [0.25, 0.3) is 0 Å². The van der Waals surface area contributed by atoms with Crippen LogP contribution in [-0.2, 0) is 25.4 Å². The van der Waals surface area contributed by atoms with Crippen molar-refractivity contribution in [2.75, 3.05) is 0 Å². The molecule has 0 radical (unpaired) electrons. The average molecular weight is 466 g/mol. The molecule has 0 saturated heterocycles. The van der Waals surface area contributed by atoms with Crippen LogP contribution in [0.5, 0.6) is 0 Å². The lowest BCUT2D eigenvalue weighted by Crippen LogP contribution is -2.14. The van der Waals surface area contributed by atoms with E-state index >= 15 is 4.39 Å². The van der Waals surface area contributed by atoms with Crippen molar-refractivity contribution in [3.63, 3.8) is 0 Å². The summed E-state index contributed by atoms with van der Waals surface area (Å²) in [7, 11) is 0. The van der Waals surface area contributed by atoms with Crippen LogP contribution in [0.3, 0.4) is 0 Å². The maximum Gasteiger partial charge on any atom is 0.419 e. The summed E-state index contributed by atoms with van der Waals surface area (Å²) in [6, 6.07) is 11.6. The van der Waals surface area contributed by atoms with Gasteiger partial charge in [-0.05, 0) is 48.4 Å². The van der Waals surface area contributed by atoms with Crippen LogP contribution in [0.2, 0.25) is 0 Å². The van der Waals surface area contributed by atoms with Crippen molar-refractivity contribution in [3.8, 4) is 11.1 Å². The molecule has 3 aromatic rings. The maximum absolute atomic E-state index is 15.1. The number of hydrogen-bond acceptors (Lipinski definition) is 1. The summed E-state index contributed by atoms with van der Waals surface area (Å²) in [5.41, 5.74) is -0.984. The average Bonchev–Trinajstić information content (AvgIpc) is 2.74. The van der Waals surface area contributed by atoms with Crippen LogP contribution in [0, 0.1) is 17.5 Å². The van der Waals surface area contributed by atoms with E-state index in [1.54, 1.807) is 24.3 Å². The molecular weight excluding hydrogens is 442 g/mol. The molecule has 3 rings (SSSR count). The van der Waals surface area contributed by atoms with Crippen molar-refractivity contribution >= 4 is 0 Å². The fourth-order valence-electron chi connectivity index (χ4n) is 3.88. The summed E-state index contributed by atoms with van der Waals surface area (Å²) < 4.78 is 84.9. The Morgan fingerprint density at radius 2 is 1.36 bits per heavy atom. The Bertz CT molecular complexity index is 1120. The highest BCUT2D eigenvalue weighted by atomic mass is 19.4. The topological polar surface area (TPSA) is 20.2 Å². The van der Waals surface area contributed by atoms with E-state index in [2.05, 4.69) is 0 Å². The van der Waals surface area contributed by atoms with Gasteiger partial charge in [-0.15, -0.1) is 0 Å². The summed E-state index contributed by atoms with van der Waals surface area (Å²) in [6.45, 7) is 3.28. The van der Waals surface area contributed by atoms with E-state index in [0.717, 1.165) is 18.4 Å². The highest BCUT2D eigenvalue weighted by Crippen LogP contribution is 2.39. The van der Waals surface area contributed by atoms with E-state index in [9.17, 15) is 27.1 Å². The molecule has 1 unspecified atom stereocenters. The molecule has 0 aromatic heterocycles. The number of rotatable bonds is 7. The zero-order chi connectivity index (χ0) is 24.3. The predicted molar refractivity (Wildman–Crippen MR) is 115 cm³/mol. The molecule has 33 heavy (non-hydrogen) atoms. The number of aliphatic hydroxyl groups excluding tert-OH is 1. The first-order valence-corrected chi connectivity index (χ1v) is 10.7. The second kappa shape index (κ2) is 10.00. The molecule has 0 spiro atoms. The molecular formula is C26H24F6O. The van der Waals surface area contributed by atoms with Gasteiger partial charge in [-0.25, -0.2) is 13.2 Å². The van der Waals surface area contributed by atoms with E-state index in [4.69, 9.17) is 0 Å². The van der Waals surface area contributed by atoms with Crippen LogP contribution in [0.15, 0.2) is 48.5 Å². The molecule has 7 heteroatoms. The lowest BCUT2D eigenvalue weighted by Gasteiger charge is -2.17. The van der Waals surface area contributed by atoms with Crippen LogP contribution in [0.4, 0.5) is 26.3 Å². The summed E-state index contributed by atoms with van der Waals surface area (Å²) >= 11 is 0. The van der Waals surface area contributed by atoms with Crippen LogP contribution >= 0.6 is 0 Å². The van der Waals surface area contributed by atoms with Crippen molar-refractivity contribution < 1.29 is 31.4 Å². The molecule has 1 N–H and O–H groups in total. The standard InChI is InChI=1S/C26H24F6O/c1-3-4-16-5-7-17(8-6-16)21-14-11-18(22(24(21)28)26(30,31)32)9-10-19-12-13-20(15(2)33)25(29)23(19)27/h5-8,11-15,33H,3-4,9-10H2,1-2H3. The predicted octanol–water partition coefficient (Wildman–Crippen LogP) is 7.58. The van der Waals surface area contributed by atoms with Crippen LogP contribution in [-0.4, -0.2) is 5.11 Å². The molecule has 0 aliphatic heterocycles. The number of alkyl halides is 3. The number of hydrogen-bond donors (Lipinski definition) is 1. The molecule has 1 atom stereocenters. The van der Waals surface area contributed by atoms with Crippen LogP contribution < -0.4 is 0 Å². The number of aryl methyl sites for hydroxylation is 3. The summed E-state index contributed by atoms with van der Waals surface area (Å²) in [5.74, 6) is -3.86. The van der Waals surface area contributed by atoms with Crippen molar-refractivity contribution in [1.82, 2.24) is 0 Å². The molecule has 3 aromatic carbocycles. The molecule has 0 saturated carbocycles. The summed E-state index contributed by atoms with van der Waals surface area (Å²) in [5, 5.41) is 9.47. The second-order valence-corrected chi connectivity index (χ2v) is 8.02. The lowest BCUT2D eigenvalue weighted by atomic mass is 9.93. The monoisotopic (exact) mass is 466 g/mol. The van der Waals surface area contributed by atoms with Gasteiger partial charge in [0, 0.05) is 11.1 Å². The third-order valence-electron chi connectivity index (χ3n) is 5.62. The van der Waals surface area contributed by atoms with Gasteiger partial charge in [0.2, 0.25) is 0 Å². The third kappa shape index (κ3) is 5.41. The van der Waals surface area contributed by atoms with Crippen molar-refractivity contribution in [2.24, 2.45) is 0 Å². The van der Waals surface area contributed by atoms with Gasteiger partial charge in [-0.1, -0.05) is 61.9 Å². The molecule has 176 valence electrons. The first-order chi connectivity index (χ1) is 15.5. The normalized spacial score (nSPS) is 12.8. The Balaban J connectivity index is 1.95. The summed E-state index contributed by atoms with van der Waals surface area (Å²) in [4.78, 5) is 0. The minimum atomic E-state index is -4.96. The number of halogens is 6. The van der Waals surface area contributed by atoms with Gasteiger partial charge in [-0.3, -0.25) is 0 Å². The smallest absolute Gasteiger partial charge is 0.389 e. The Morgan fingerprint density at radius 1 is 0.758 bits per heavy atom. The third-order valence-corrected chi connectivity index (χ3v) is 5.62. The first-order valence-electron chi connectivity index (χ1n) is 10.7. The first kappa shape index (κ1) is 24.8. The fraction of sp³-hybridized carbons (Fsp3) is 0.308. The molecule has 0 heterocycles. The van der Waals surface area contributed by atoms with Gasteiger partial charge in [0.05, 0.1) is 11.7 Å². The van der Waals surface area contributed by atoms with Crippen LogP contribution in [0.25, 0.3) is 11.1 Å². The Labute approximate surface area is 188 Å². The Hall–Kier alpha value is -2.80. The summed E-state index contributed by atoms with van der Waals surface area (Å²) in [6.07, 6.45) is -5.08. The molecule has 0 fully saturated rings. The lowest BCUT2D eigenvalue weighted by molar-refractivity contribution is -0.140. The fourth-order valence-corrected chi connectivity index (χ4v) is 3.88.